The minimum absolute atomic E-state index is 0.630. The molecule has 2 aliphatic rings. The topological polar surface area (TPSA) is 33.7 Å². The van der Waals surface area contributed by atoms with E-state index in [1.807, 2.05) is 12.1 Å². The zero-order chi connectivity index (χ0) is 14.8. The van der Waals surface area contributed by atoms with Crippen molar-refractivity contribution in [3.63, 3.8) is 0 Å². The number of hydrogen-bond acceptors (Lipinski definition) is 4. The van der Waals surface area contributed by atoms with Gasteiger partial charge in [0.25, 0.3) is 0 Å². The van der Waals surface area contributed by atoms with Gasteiger partial charge in [-0.2, -0.15) is 0 Å². The summed E-state index contributed by atoms with van der Waals surface area (Å²) in [5.41, 5.74) is 1.20. The van der Waals surface area contributed by atoms with Crippen LogP contribution in [-0.2, 0) is 6.54 Å². The van der Waals surface area contributed by atoms with E-state index in [1.54, 1.807) is 14.2 Å². The molecule has 2 aliphatic heterocycles. The Kier molecular flexibility index (Phi) is 4.36. The Balaban J connectivity index is 1.60. The van der Waals surface area contributed by atoms with Gasteiger partial charge in [-0.15, -0.1) is 0 Å². The SMILES string of the molecule is COc1ccc(CNC2CC3CCC(C2)N3C)c(OC)c1. The lowest BCUT2D eigenvalue weighted by molar-refractivity contribution is 0.148. The lowest BCUT2D eigenvalue weighted by Gasteiger charge is -2.36. The van der Waals surface area contributed by atoms with Gasteiger partial charge in [0.05, 0.1) is 14.2 Å². The van der Waals surface area contributed by atoms with E-state index in [4.69, 9.17) is 9.47 Å². The Labute approximate surface area is 127 Å². The van der Waals surface area contributed by atoms with Crippen molar-refractivity contribution in [1.29, 1.82) is 0 Å². The number of rotatable bonds is 5. The van der Waals surface area contributed by atoms with E-state index in [0.29, 0.717) is 6.04 Å². The Bertz CT molecular complexity index is 478. The molecule has 116 valence electrons. The van der Waals surface area contributed by atoms with Crippen LogP contribution in [0.1, 0.15) is 31.2 Å². The van der Waals surface area contributed by atoms with E-state index in [1.165, 1.54) is 31.2 Å². The quantitative estimate of drug-likeness (QED) is 0.903. The van der Waals surface area contributed by atoms with Crippen molar-refractivity contribution in [3.8, 4) is 11.5 Å². The molecule has 2 atom stereocenters. The predicted octanol–water partition coefficient (Wildman–Crippen LogP) is 2.42. The lowest BCUT2D eigenvalue weighted by Crippen LogP contribution is -2.47. The van der Waals surface area contributed by atoms with E-state index >= 15 is 0 Å². The van der Waals surface area contributed by atoms with Crippen molar-refractivity contribution in [2.45, 2.75) is 50.4 Å². The first-order valence-electron chi connectivity index (χ1n) is 7.87. The summed E-state index contributed by atoms with van der Waals surface area (Å²) in [7, 11) is 5.68. The van der Waals surface area contributed by atoms with Crippen molar-refractivity contribution in [2.24, 2.45) is 0 Å². The van der Waals surface area contributed by atoms with Crippen LogP contribution in [0.2, 0.25) is 0 Å². The van der Waals surface area contributed by atoms with Crippen LogP contribution in [0.25, 0.3) is 0 Å². The molecule has 1 aromatic carbocycles. The van der Waals surface area contributed by atoms with Gasteiger partial charge in [0.2, 0.25) is 0 Å². The highest BCUT2D eigenvalue weighted by Crippen LogP contribution is 2.34. The van der Waals surface area contributed by atoms with Crippen LogP contribution >= 0.6 is 0 Å². The number of hydrogen-bond donors (Lipinski definition) is 1. The Hall–Kier alpha value is -1.26. The van der Waals surface area contributed by atoms with Gasteiger partial charge in [-0.3, -0.25) is 0 Å². The van der Waals surface area contributed by atoms with Crippen molar-refractivity contribution in [2.75, 3.05) is 21.3 Å². The molecule has 0 aromatic heterocycles. The summed E-state index contributed by atoms with van der Waals surface area (Å²) in [5.74, 6) is 1.74. The highest BCUT2D eigenvalue weighted by atomic mass is 16.5. The molecule has 0 amide bonds. The zero-order valence-corrected chi connectivity index (χ0v) is 13.3. The molecule has 21 heavy (non-hydrogen) atoms. The van der Waals surface area contributed by atoms with Crippen LogP contribution < -0.4 is 14.8 Å². The summed E-state index contributed by atoms with van der Waals surface area (Å²) in [4.78, 5) is 2.58. The third-order valence-electron chi connectivity index (χ3n) is 5.17. The summed E-state index contributed by atoms with van der Waals surface area (Å²) in [6.45, 7) is 0.862. The molecule has 2 saturated heterocycles. The van der Waals surface area contributed by atoms with E-state index < -0.39 is 0 Å². The number of ether oxygens (including phenoxy) is 2. The van der Waals surface area contributed by atoms with Gasteiger partial charge in [0.1, 0.15) is 11.5 Å². The maximum atomic E-state index is 5.47. The molecule has 2 unspecified atom stereocenters. The zero-order valence-electron chi connectivity index (χ0n) is 13.3. The van der Waals surface area contributed by atoms with Gasteiger partial charge in [0, 0.05) is 36.3 Å². The van der Waals surface area contributed by atoms with Gasteiger partial charge >= 0.3 is 0 Å². The fraction of sp³-hybridized carbons (Fsp3) is 0.647. The Morgan fingerprint density at radius 2 is 1.86 bits per heavy atom. The fourth-order valence-corrected chi connectivity index (χ4v) is 3.83. The number of piperidine rings is 1. The van der Waals surface area contributed by atoms with Gasteiger partial charge in [-0.05, 0) is 38.8 Å². The highest BCUT2D eigenvalue weighted by Gasteiger charge is 2.38. The summed E-state index contributed by atoms with van der Waals surface area (Å²) in [5, 5.41) is 3.72. The van der Waals surface area contributed by atoms with Crippen LogP contribution in [0.4, 0.5) is 0 Å². The third-order valence-corrected chi connectivity index (χ3v) is 5.17. The molecule has 4 nitrogen and oxygen atoms in total. The molecule has 4 heteroatoms. The summed E-state index contributed by atoms with van der Waals surface area (Å²) in [6.07, 6.45) is 5.27. The van der Waals surface area contributed by atoms with Crippen LogP contribution in [0.15, 0.2) is 18.2 Å². The third kappa shape index (κ3) is 3.01. The minimum atomic E-state index is 0.630. The fourth-order valence-electron chi connectivity index (χ4n) is 3.83. The summed E-state index contributed by atoms with van der Waals surface area (Å²) < 4.78 is 10.7. The van der Waals surface area contributed by atoms with Crippen molar-refractivity contribution < 1.29 is 9.47 Å². The highest BCUT2D eigenvalue weighted by molar-refractivity contribution is 5.40. The molecule has 0 spiro atoms. The van der Waals surface area contributed by atoms with E-state index in [-0.39, 0.29) is 0 Å². The summed E-state index contributed by atoms with van der Waals surface area (Å²) >= 11 is 0. The molecular weight excluding hydrogens is 264 g/mol. The summed E-state index contributed by atoms with van der Waals surface area (Å²) in [6, 6.07) is 8.23. The Morgan fingerprint density at radius 3 is 2.48 bits per heavy atom. The molecule has 1 N–H and O–H groups in total. The van der Waals surface area contributed by atoms with E-state index in [0.717, 1.165) is 30.1 Å². The molecular formula is C17H26N2O2. The normalized spacial score (nSPS) is 28.6. The van der Waals surface area contributed by atoms with Crippen molar-refractivity contribution >= 4 is 0 Å². The molecule has 3 rings (SSSR count). The van der Waals surface area contributed by atoms with Gasteiger partial charge in [0.15, 0.2) is 0 Å². The molecule has 1 aromatic rings. The van der Waals surface area contributed by atoms with Gasteiger partial charge in [-0.1, -0.05) is 6.07 Å². The number of fused-ring (bicyclic) bond motifs is 2. The van der Waals surface area contributed by atoms with Crippen molar-refractivity contribution in [1.82, 2.24) is 10.2 Å². The van der Waals surface area contributed by atoms with E-state index in [9.17, 15) is 0 Å². The molecule has 2 fully saturated rings. The van der Waals surface area contributed by atoms with Crippen molar-refractivity contribution in [3.05, 3.63) is 23.8 Å². The first-order chi connectivity index (χ1) is 10.2. The number of methoxy groups -OCH3 is 2. The smallest absolute Gasteiger partial charge is 0.127 e. The molecule has 0 saturated carbocycles. The van der Waals surface area contributed by atoms with Crippen LogP contribution in [0.3, 0.4) is 0 Å². The second kappa shape index (κ2) is 6.24. The van der Waals surface area contributed by atoms with E-state index in [2.05, 4.69) is 23.3 Å². The lowest BCUT2D eigenvalue weighted by atomic mass is 9.97. The van der Waals surface area contributed by atoms with Crippen LogP contribution in [0.5, 0.6) is 11.5 Å². The second-order valence-electron chi connectivity index (χ2n) is 6.28. The standard InChI is InChI=1S/C17H26N2O2/c1-19-14-5-6-15(19)9-13(8-14)18-11-12-4-7-16(20-2)10-17(12)21-3/h4,7,10,13-15,18H,5-6,8-9,11H2,1-3H3. The van der Waals surface area contributed by atoms with Gasteiger partial charge in [-0.25, -0.2) is 0 Å². The number of nitrogens with zero attached hydrogens (tertiary/aromatic N) is 1. The predicted molar refractivity (Wildman–Crippen MR) is 84.0 cm³/mol. The largest absolute Gasteiger partial charge is 0.497 e. The maximum Gasteiger partial charge on any atom is 0.127 e. The second-order valence-corrected chi connectivity index (χ2v) is 6.28. The molecule has 2 bridgehead atoms. The first-order valence-corrected chi connectivity index (χ1v) is 7.87. The first kappa shape index (κ1) is 14.7. The Morgan fingerprint density at radius 1 is 1.14 bits per heavy atom. The van der Waals surface area contributed by atoms with Gasteiger partial charge < -0.3 is 19.7 Å². The minimum Gasteiger partial charge on any atom is -0.497 e. The monoisotopic (exact) mass is 290 g/mol. The van der Waals surface area contributed by atoms with Crippen LogP contribution in [-0.4, -0.2) is 44.3 Å². The molecule has 0 radical (unpaired) electrons. The maximum absolute atomic E-state index is 5.47. The molecule has 0 aliphatic carbocycles. The number of benzene rings is 1. The molecule has 2 heterocycles. The average molecular weight is 290 g/mol. The van der Waals surface area contributed by atoms with Crippen LogP contribution in [0, 0.1) is 0 Å². The average Bonchev–Trinajstić information content (AvgIpc) is 2.74. The number of nitrogens with one attached hydrogen (secondary N) is 1.